The van der Waals surface area contributed by atoms with Gasteiger partial charge in [0, 0.05) is 0 Å². The van der Waals surface area contributed by atoms with E-state index in [1.807, 2.05) is 61.5 Å². The Balaban J connectivity index is 1.33. The van der Waals surface area contributed by atoms with Gasteiger partial charge in [-0.1, -0.05) is 60.7 Å². The molecule has 0 spiro atoms. The van der Waals surface area contributed by atoms with Crippen LogP contribution in [0.3, 0.4) is 0 Å². The van der Waals surface area contributed by atoms with E-state index in [0.717, 1.165) is 27.5 Å². The van der Waals surface area contributed by atoms with E-state index in [2.05, 4.69) is 10.5 Å². The van der Waals surface area contributed by atoms with Crippen molar-refractivity contribution in [3.05, 3.63) is 113 Å². The number of hydrogen-bond donors (Lipinski definition) is 1. The number of nitrogens with one attached hydrogen (secondary N) is 1. The number of rotatable bonds is 6. The molecule has 0 atom stereocenters. The van der Waals surface area contributed by atoms with E-state index in [4.69, 9.17) is 4.74 Å². The van der Waals surface area contributed by atoms with Gasteiger partial charge in [-0.3, -0.25) is 4.79 Å². The Labute approximate surface area is 186 Å². The van der Waals surface area contributed by atoms with Gasteiger partial charge in [-0.2, -0.15) is 5.10 Å². The molecule has 4 aromatic carbocycles. The fourth-order valence-electron chi connectivity index (χ4n) is 3.42. The van der Waals surface area contributed by atoms with Crippen molar-refractivity contribution in [3.8, 4) is 5.75 Å². The number of hydrazone groups is 1. The van der Waals surface area contributed by atoms with Crippen molar-refractivity contribution in [3.63, 3.8) is 0 Å². The number of amides is 1. The van der Waals surface area contributed by atoms with Crippen LogP contribution in [0.5, 0.6) is 5.75 Å². The summed E-state index contributed by atoms with van der Waals surface area (Å²) in [5, 5.41) is 6.20. The summed E-state index contributed by atoms with van der Waals surface area (Å²) in [4.78, 5) is 24.6. The van der Waals surface area contributed by atoms with E-state index in [1.165, 1.54) is 0 Å². The number of carbonyl (C=O) groups excluding carboxylic acids is 2. The lowest BCUT2D eigenvalue weighted by Gasteiger charge is -2.07. The maximum Gasteiger partial charge on any atom is 0.343 e. The molecule has 0 saturated carbocycles. The first kappa shape index (κ1) is 21.0. The fourth-order valence-corrected chi connectivity index (χ4v) is 3.42. The summed E-state index contributed by atoms with van der Waals surface area (Å²) in [6, 6.07) is 28.1. The lowest BCUT2D eigenvalue weighted by Crippen LogP contribution is -2.19. The molecule has 1 amide bonds. The zero-order valence-corrected chi connectivity index (χ0v) is 17.6. The van der Waals surface area contributed by atoms with Gasteiger partial charge in [-0.05, 0) is 64.7 Å². The number of esters is 1. The highest BCUT2D eigenvalue weighted by Gasteiger charge is 2.10. The molecule has 4 aromatic rings. The summed E-state index contributed by atoms with van der Waals surface area (Å²) in [6.07, 6.45) is 1.79. The first-order valence-electron chi connectivity index (χ1n) is 10.3. The first-order chi connectivity index (χ1) is 15.6. The number of benzene rings is 4. The summed E-state index contributed by atoms with van der Waals surface area (Å²) in [5.41, 5.74) is 5.68. The summed E-state index contributed by atoms with van der Waals surface area (Å²) in [5.74, 6) is -0.151. The third-order valence-corrected chi connectivity index (χ3v) is 5.09. The number of hydrogen-bond acceptors (Lipinski definition) is 4. The van der Waals surface area contributed by atoms with Gasteiger partial charge in [0.25, 0.3) is 0 Å². The van der Waals surface area contributed by atoms with Crippen LogP contribution in [-0.4, -0.2) is 18.1 Å². The zero-order chi connectivity index (χ0) is 22.3. The van der Waals surface area contributed by atoms with Crippen molar-refractivity contribution in [1.82, 2.24) is 5.43 Å². The second-order valence-electron chi connectivity index (χ2n) is 7.38. The Morgan fingerprint density at radius 1 is 0.875 bits per heavy atom. The average Bonchev–Trinajstić information content (AvgIpc) is 2.81. The molecule has 0 saturated heterocycles. The molecular formula is C27H22N2O3. The lowest BCUT2D eigenvalue weighted by molar-refractivity contribution is -0.120. The van der Waals surface area contributed by atoms with Crippen LogP contribution in [0.15, 0.2) is 96.1 Å². The molecule has 5 nitrogen and oxygen atoms in total. The van der Waals surface area contributed by atoms with E-state index in [1.54, 1.807) is 42.6 Å². The van der Waals surface area contributed by atoms with Crippen molar-refractivity contribution >= 4 is 28.9 Å². The van der Waals surface area contributed by atoms with E-state index < -0.39 is 5.97 Å². The summed E-state index contributed by atoms with van der Waals surface area (Å²) in [7, 11) is 0. The number of carbonyl (C=O) groups is 2. The van der Waals surface area contributed by atoms with Crippen molar-refractivity contribution in [1.29, 1.82) is 0 Å². The summed E-state index contributed by atoms with van der Waals surface area (Å²) < 4.78 is 5.43. The predicted molar refractivity (Wildman–Crippen MR) is 126 cm³/mol. The molecule has 0 bridgehead atoms. The number of aryl methyl sites for hydroxylation is 1. The molecule has 5 heteroatoms. The van der Waals surface area contributed by atoms with Crippen LogP contribution >= 0.6 is 0 Å². The van der Waals surface area contributed by atoms with E-state index >= 15 is 0 Å². The van der Waals surface area contributed by atoms with E-state index in [0.29, 0.717) is 11.3 Å². The average molecular weight is 422 g/mol. The highest BCUT2D eigenvalue weighted by molar-refractivity contribution is 5.93. The number of ether oxygens (including phenoxy) is 1. The molecule has 32 heavy (non-hydrogen) atoms. The summed E-state index contributed by atoms with van der Waals surface area (Å²) >= 11 is 0. The first-order valence-corrected chi connectivity index (χ1v) is 10.3. The molecule has 0 radical (unpaired) electrons. The molecule has 0 fully saturated rings. The van der Waals surface area contributed by atoms with Gasteiger partial charge in [0.2, 0.25) is 5.91 Å². The second-order valence-corrected chi connectivity index (χ2v) is 7.38. The molecule has 0 heterocycles. The Hall–Kier alpha value is -4.25. The lowest BCUT2D eigenvalue weighted by atomic mass is 10.0. The molecule has 0 aliphatic rings. The maximum absolute atomic E-state index is 12.3. The van der Waals surface area contributed by atoms with Crippen LogP contribution in [0.25, 0.3) is 10.8 Å². The molecule has 0 aromatic heterocycles. The third-order valence-electron chi connectivity index (χ3n) is 5.09. The molecule has 4 rings (SSSR count). The highest BCUT2D eigenvalue weighted by atomic mass is 16.5. The Kier molecular flexibility index (Phi) is 6.37. The van der Waals surface area contributed by atoms with Crippen LogP contribution < -0.4 is 10.2 Å². The molecule has 158 valence electrons. The van der Waals surface area contributed by atoms with E-state index in [9.17, 15) is 9.59 Å². The number of fused-ring (bicyclic) bond motifs is 1. The standard InChI is InChI=1S/C27H22N2O3/c1-19-7-2-4-11-24(19)27(31)32-23-15-13-20(14-16-23)18-28-29-26(30)17-22-10-6-9-21-8-3-5-12-25(21)22/h2-16,18H,17H2,1H3,(H,29,30)/b28-18-. The fraction of sp³-hybridized carbons (Fsp3) is 0.0741. The monoisotopic (exact) mass is 422 g/mol. The Morgan fingerprint density at radius 2 is 1.59 bits per heavy atom. The van der Waals surface area contributed by atoms with Crippen LogP contribution in [0.4, 0.5) is 0 Å². The van der Waals surface area contributed by atoms with Gasteiger partial charge < -0.3 is 4.74 Å². The number of nitrogens with zero attached hydrogens (tertiary/aromatic N) is 1. The van der Waals surface area contributed by atoms with Crippen LogP contribution in [0.2, 0.25) is 0 Å². The normalized spacial score (nSPS) is 10.9. The van der Waals surface area contributed by atoms with Gasteiger partial charge in [0.1, 0.15) is 5.75 Å². The SMILES string of the molecule is Cc1ccccc1C(=O)Oc1ccc(/C=N\NC(=O)Cc2cccc3ccccc23)cc1. The topological polar surface area (TPSA) is 67.8 Å². The highest BCUT2D eigenvalue weighted by Crippen LogP contribution is 2.19. The quantitative estimate of drug-likeness (QED) is 0.204. The van der Waals surface area contributed by atoms with Gasteiger partial charge in [0.05, 0.1) is 18.2 Å². The maximum atomic E-state index is 12.3. The molecule has 0 unspecified atom stereocenters. The van der Waals surface area contributed by atoms with Crippen molar-refractivity contribution in [2.24, 2.45) is 5.10 Å². The molecule has 0 aliphatic carbocycles. The Morgan fingerprint density at radius 3 is 2.41 bits per heavy atom. The smallest absolute Gasteiger partial charge is 0.343 e. The van der Waals surface area contributed by atoms with Crippen molar-refractivity contribution in [2.75, 3.05) is 0 Å². The summed E-state index contributed by atoms with van der Waals surface area (Å²) in [6.45, 7) is 1.87. The van der Waals surface area contributed by atoms with Crippen molar-refractivity contribution < 1.29 is 14.3 Å². The minimum atomic E-state index is -0.398. The van der Waals surface area contributed by atoms with Gasteiger partial charge in [-0.25, -0.2) is 10.2 Å². The van der Waals surface area contributed by atoms with Gasteiger partial charge in [0.15, 0.2) is 0 Å². The van der Waals surface area contributed by atoms with Crippen LogP contribution in [0.1, 0.15) is 27.0 Å². The molecular weight excluding hydrogens is 400 g/mol. The third kappa shape index (κ3) is 5.08. The Bertz CT molecular complexity index is 1290. The van der Waals surface area contributed by atoms with E-state index in [-0.39, 0.29) is 12.3 Å². The van der Waals surface area contributed by atoms with Crippen molar-refractivity contribution in [2.45, 2.75) is 13.3 Å². The van der Waals surface area contributed by atoms with Crippen LogP contribution in [0, 0.1) is 6.92 Å². The zero-order valence-electron chi connectivity index (χ0n) is 17.6. The van der Waals surface area contributed by atoms with Crippen LogP contribution in [-0.2, 0) is 11.2 Å². The molecule has 0 aliphatic heterocycles. The largest absolute Gasteiger partial charge is 0.423 e. The minimum absolute atomic E-state index is 0.193. The second kappa shape index (κ2) is 9.71. The predicted octanol–water partition coefficient (Wildman–Crippen LogP) is 5.06. The molecule has 1 N–H and O–H groups in total. The van der Waals surface area contributed by atoms with Gasteiger partial charge in [-0.15, -0.1) is 0 Å². The minimum Gasteiger partial charge on any atom is -0.423 e. The van der Waals surface area contributed by atoms with Gasteiger partial charge >= 0.3 is 5.97 Å².